The van der Waals surface area contributed by atoms with Crippen molar-refractivity contribution in [1.29, 1.82) is 0 Å². The number of hydrogen-bond acceptors (Lipinski definition) is 5. The van der Waals surface area contributed by atoms with Crippen LogP contribution >= 0.6 is 11.3 Å². The molecule has 0 bridgehead atoms. The molecule has 2 fully saturated rings. The van der Waals surface area contributed by atoms with Crippen LogP contribution in [-0.4, -0.2) is 52.3 Å². The van der Waals surface area contributed by atoms with Crippen LogP contribution in [-0.2, 0) is 6.42 Å². The first kappa shape index (κ1) is 20.8. The number of nitrogens with zero attached hydrogens (tertiary/aromatic N) is 3. The van der Waals surface area contributed by atoms with Crippen molar-refractivity contribution in [3.8, 4) is 0 Å². The van der Waals surface area contributed by atoms with Crippen molar-refractivity contribution in [2.24, 2.45) is 0 Å². The summed E-state index contributed by atoms with van der Waals surface area (Å²) in [5.74, 6) is 0. The van der Waals surface area contributed by atoms with E-state index in [1.807, 2.05) is 0 Å². The summed E-state index contributed by atoms with van der Waals surface area (Å²) in [6, 6.07) is 0.232. The number of rotatable bonds is 6. The molecule has 9 heteroatoms. The average Bonchev–Trinajstić information content (AvgIpc) is 3.15. The normalized spacial score (nSPS) is 18.7. The zero-order valence-corrected chi connectivity index (χ0v) is 17.5. The highest BCUT2D eigenvalue weighted by Crippen LogP contribution is 2.19. The lowest BCUT2D eigenvalue weighted by Gasteiger charge is -2.32. The number of carbonyl (C=O) groups is 2. The van der Waals surface area contributed by atoms with Crippen molar-refractivity contribution in [2.75, 3.05) is 18.4 Å². The third kappa shape index (κ3) is 6.32. The molecule has 8 nitrogen and oxygen atoms in total. The van der Waals surface area contributed by atoms with Gasteiger partial charge in [-0.15, -0.1) is 10.2 Å². The third-order valence-electron chi connectivity index (χ3n) is 5.48. The van der Waals surface area contributed by atoms with E-state index in [9.17, 15) is 9.59 Å². The Labute approximate surface area is 170 Å². The van der Waals surface area contributed by atoms with Crippen molar-refractivity contribution in [1.82, 2.24) is 25.7 Å². The Balaban J connectivity index is 1.36. The smallest absolute Gasteiger partial charge is 0.323 e. The van der Waals surface area contributed by atoms with Gasteiger partial charge in [0.15, 0.2) is 0 Å². The summed E-state index contributed by atoms with van der Waals surface area (Å²) in [5.41, 5.74) is 0. The van der Waals surface area contributed by atoms with Crippen LogP contribution in [0.3, 0.4) is 0 Å². The number of urea groups is 2. The van der Waals surface area contributed by atoms with Crippen LogP contribution in [0.4, 0.5) is 14.7 Å². The van der Waals surface area contributed by atoms with Crippen molar-refractivity contribution in [3.05, 3.63) is 5.01 Å². The van der Waals surface area contributed by atoms with Gasteiger partial charge in [-0.25, -0.2) is 9.59 Å². The quantitative estimate of drug-likeness (QED) is 0.671. The number of aromatic nitrogens is 2. The van der Waals surface area contributed by atoms with Gasteiger partial charge in [0, 0.05) is 31.6 Å². The maximum Gasteiger partial charge on any atom is 0.323 e. The fourth-order valence-electron chi connectivity index (χ4n) is 3.79. The molecule has 2 aliphatic rings. The molecule has 1 aliphatic carbocycles. The summed E-state index contributed by atoms with van der Waals surface area (Å²) in [5, 5.41) is 18.7. The Kier molecular flexibility index (Phi) is 7.88. The second-order valence-corrected chi connectivity index (χ2v) is 8.81. The Morgan fingerprint density at radius 1 is 1.04 bits per heavy atom. The van der Waals surface area contributed by atoms with E-state index < -0.39 is 0 Å². The van der Waals surface area contributed by atoms with Crippen LogP contribution in [0.15, 0.2) is 0 Å². The minimum Gasteiger partial charge on any atom is -0.335 e. The van der Waals surface area contributed by atoms with Crippen LogP contribution in [0, 0.1) is 0 Å². The first-order chi connectivity index (χ1) is 13.6. The zero-order valence-electron chi connectivity index (χ0n) is 16.7. The van der Waals surface area contributed by atoms with E-state index in [-0.39, 0.29) is 18.1 Å². The molecule has 0 atom stereocenters. The predicted molar refractivity (Wildman–Crippen MR) is 111 cm³/mol. The first-order valence-corrected chi connectivity index (χ1v) is 11.4. The number of hydrogen-bond donors (Lipinski definition) is 3. The lowest BCUT2D eigenvalue weighted by Crippen LogP contribution is -2.51. The summed E-state index contributed by atoms with van der Waals surface area (Å²) in [4.78, 5) is 26.4. The summed E-state index contributed by atoms with van der Waals surface area (Å²) in [7, 11) is 0. The number of carbonyl (C=O) groups excluding carboxylic acids is 2. The fourth-order valence-corrected chi connectivity index (χ4v) is 4.56. The third-order valence-corrected chi connectivity index (χ3v) is 6.38. The molecule has 1 aliphatic heterocycles. The molecule has 0 aromatic carbocycles. The number of piperidine rings is 1. The molecule has 0 unspecified atom stereocenters. The summed E-state index contributed by atoms with van der Waals surface area (Å²) in [6.07, 6.45) is 10.5. The summed E-state index contributed by atoms with van der Waals surface area (Å²) < 4.78 is 0. The lowest BCUT2D eigenvalue weighted by molar-refractivity contribution is 0.186. The molecule has 1 aromatic rings. The number of unbranched alkanes of at least 4 members (excludes halogenated alkanes) is 1. The SMILES string of the molecule is CCCCc1nnc(NC(=O)N2CCC(NC(=O)NC3CCCCC3)CC2)s1. The van der Waals surface area contributed by atoms with Gasteiger partial charge in [0.25, 0.3) is 0 Å². The van der Waals surface area contributed by atoms with Crippen molar-refractivity contribution < 1.29 is 9.59 Å². The van der Waals surface area contributed by atoms with Gasteiger partial charge in [-0.05, 0) is 32.1 Å². The van der Waals surface area contributed by atoms with Crippen molar-refractivity contribution in [3.63, 3.8) is 0 Å². The number of aryl methyl sites for hydroxylation is 1. The monoisotopic (exact) mass is 408 g/mol. The van der Waals surface area contributed by atoms with Crippen LogP contribution in [0.25, 0.3) is 0 Å². The molecule has 28 heavy (non-hydrogen) atoms. The standard InChI is InChI=1S/C19H32N6O2S/c1-2-3-9-16-23-24-18(28-16)22-19(27)25-12-10-15(11-13-25)21-17(26)20-14-7-5-4-6-8-14/h14-15H,2-13H2,1H3,(H2,20,21,26)(H,22,24,27). The van der Waals surface area contributed by atoms with Crippen molar-refractivity contribution >= 4 is 28.5 Å². The molecule has 0 radical (unpaired) electrons. The van der Waals surface area contributed by atoms with Crippen LogP contribution in [0.2, 0.25) is 0 Å². The molecule has 156 valence electrons. The average molecular weight is 409 g/mol. The van der Waals surface area contributed by atoms with Gasteiger partial charge >= 0.3 is 12.1 Å². The maximum atomic E-state index is 12.4. The first-order valence-electron chi connectivity index (χ1n) is 10.6. The van der Waals surface area contributed by atoms with E-state index in [0.717, 1.165) is 50.0 Å². The van der Waals surface area contributed by atoms with Gasteiger partial charge in [0.2, 0.25) is 5.13 Å². The summed E-state index contributed by atoms with van der Waals surface area (Å²) in [6.45, 7) is 3.39. The molecular weight excluding hydrogens is 376 g/mol. The van der Waals surface area contributed by atoms with E-state index in [1.165, 1.54) is 30.6 Å². The van der Waals surface area contributed by atoms with E-state index in [1.54, 1.807) is 4.90 Å². The molecule has 1 aromatic heterocycles. The summed E-state index contributed by atoms with van der Waals surface area (Å²) >= 11 is 1.44. The highest BCUT2D eigenvalue weighted by atomic mass is 32.1. The number of nitrogens with one attached hydrogen (secondary N) is 3. The number of anilines is 1. The molecule has 3 N–H and O–H groups in total. The molecule has 2 heterocycles. The highest BCUT2D eigenvalue weighted by molar-refractivity contribution is 7.15. The zero-order chi connectivity index (χ0) is 19.8. The topological polar surface area (TPSA) is 99.2 Å². The molecule has 3 rings (SSSR count). The second kappa shape index (κ2) is 10.6. The molecule has 0 spiro atoms. The van der Waals surface area contributed by atoms with Gasteiger partial charge in [0.1, 0.15) is 5.01 Å². The van der Waals surface area contributed by atoms with Crippen LogP contribution in [0.1, 0.15) is 69.7 Å². The predicted octanol–water partition coefficient (Wildman–Crippen LogP) is 3.51. The maximum absolute atomic E-state index is 12.4. The van der Waals surface area contributed by atoms with Crippen LogP contribution < -0.4 is 16.0 Å². The molecule has 1 saturated heterocycles. The van der Waals surface area contributed by atoms with Gasteiger partial charge in [-0.3, -0.25) is 5.32 Å². The van der Waals surface area contributed by atoms with E-state index >= 15 is 0 Å². The highest BCUT2D eigenvalue weighted by Gasteiger charge is 2.25. The van der Waals surface area contributed by atoms with Gasteiger partial charge in [-0.2, -0.15) is 0 Å². The van der Waals surface area contributed by atoms with E-state index in [0.29, 0.717) is 24.3 Å². The Morgan fingerprint density at radius 3 is 2.39 bits per heavy atom. The Hall–Kier alpha value is -1.90. The minimum absolute atomic E-state index is 0.0664. The number of likely N-dealkylation sites (tertiary alicyclic amines) is 1. The minimum atomic E-state index is -0.136. The lowest BCUT2D eigenvalue weighted by atomic mass is 9.96. The van der Waals surface area contributed by atoms with E-state index in [2.05, 4.69) is 33.1 Å². The van der Waals surface area contributed by atoms with Gasteiger partial charge in [-0.1, -0.05) is 43.9 Å². The largest absolute Gasteiger partial charge is 0.335 e. The van der Waals surface area contributed by atoms with Gasteiger partial charge in [0.05, 0.1) is 0 Å². The molecular formula is C19H32N6O2S. The molecule has 1 saturated carbocycles. The number of amides is 4. The van der Waals surface area contributed by atoms with Crippen molar-refractivity contribution in [2.45, 2.75) is 83.2 Å². The second-order valence-electron chi connectivity index (χ2n) is 7.75. The Morgan fingerprint density at radius 2 is 1.71 bits per heavy atom. The molecule has 4 amide bonds. The van der Waals surface area contributed by atoms with E-state index in [4.69, 9.17) is 0 Å². The van der Waals surface area contributed by atoms with Gasteiger partial charge < -0.3 is 15.5 Å². The fraction of sp³-hybridized carbons (Fsp3) is 0.789. The Bertz CT molecular complexity index is 638. The van der Waals surface area contributed by atoms with Crippen LogP contribution in [0.5, 0.6) is 0 Å².